The zero-order chi connectivity index (χ0) is 17.1. The Morgan fingerprint density at radius 3 is 2.76 bits per heavy atom. The number of carbonyl (C=O) groups excluding carboxylic acids is 1. The summed E-state index contributed by atoms with van der Waals surface area (Å²) >= 11 is 0. The van der Waals surface area contributed by atoms with Crippen LogP contribution < -0.4 is 9.47 Å². The smallest absolute Gasteiger partial charge is 0.254 e. The molecule has 1 amide bonds. The van der Waals surface area contributed by atoms with Gasteiger partial charge in [-0.3, -0.25) is 9.78 Å². The number of aryl methyl sites for hydroxylation is 1. The maximum atomic E-state index is 13.0. The highest BCUT2D eigenvalue weighted by molar-refractivity contribution is 5.95. The van der Waals surface area contributed by atoms with Crippen molar-refractivity contribution in [2.24, 2.45) is 0 Å². The molecular weight excluding hydrogens is 316 g/mol. The predicted molar refractivity (Wildman–Crippen MR) is 94.0 cm³/mol. The van der Waals surface area contributed by atoms with Crippen molar-refractivity contribution in [3.05, 3.63) is 53.9 Å². The van der Waals surface area contributed by atoms with Gasteiger partial charge in [0.15, 0.2) is 11.5 Å². The van der Waals surface area contributed by atoms with Crippen molar-refractivity contribution in [1.82, 2.24) is 9.88 Å². The fraction of sp³-hybridized carbons (Fsp3) is 0.400. The summed E-state index contributed by atoms with van der Waals surface area (Å²) < 4.78 is 11.1. The molecule has 3 heterocycles. The van der Waals surface area contributed by atoms with Gasteiger partial charge in [-0.2, -0.15) is 0 Å². The Bertz CT molecular complexity index is 748. The normalized spacial score (nSPS) is 19.0. The van der Waals surface area contributed by atoms with Crippen LogP contribution in [0.2, 0.25) is 0 Å². The van der Waals surface area contributed by atoms with Crippen molar-refractivity contribution in [2.75, 3.05) is 19.8 Å². The largest absolute Gasteiger partial charge is 0.486 e. The van der Waals surface area contributed by atoms with Gasteiger partial charge in [-0.25, -0.2) is 0 Å². The van der Waals surface area contributed by atoms with E-state index >= 15 is 0 Å². The number of benzene rings is 1. The number of fused-ring (bicyclic) bond motifs is 1. The number of hydrogen-bond donors (Lipinski definition) is 0. The lowest BCUT2D eigenvalue weighted by atomic mass is 10.0. The molecule has 130 valence electrons. The van der Waals surface area contributed by atoms with Crippen molar-refractivity contribution in [3.63, 3.8) is 0 Å². The van der Waals surface area contributed by atoms with Gasteiger partial charge in [-0.05, 0) is 61.6 Å². The molecule has 1 saturated heterocycles. The third kappa shape index (κ3) is 3.45. The van der Waals surface area contributed by atoms with Crippen molar-refractivity contribution in [3.8, 4) is 11.5 Å². The van der Waals surface area contributed by atoms with Crippen LogP contribution in [-0.4, -0.2) is 41.6 Å². The summed E-state index contributed by atoms with van der Waals surface area (Å²) in [5.41, 5.74) is 1.95. The molecule has 2 aliphatic heterocycles. The van der Waals surface area contributed by atoms with Crippen molar-refractivity contribution < 1.29 is 14.3 Å². The van der Waals surface area contributed by atoms with Crippen molar-refractivity contribution in [1.29, 1.82) is 0 Å². The molecule has 5 heteroatoms. The fourth-order valence-corrected chi connectivity index (χ4v) is 3.63. The van der Waals surface area contributed by atoms with Crippen LogP contribution in [0.4, 0.5) is 0 Å². The van der Waals surface area contributed by atoms with Gasteiger partial charge in [0.05, 0.1) is 0 Å². The van der Waals surface area contributed by atoms with E-state index in [9.17, 15) is 4.79 Å². The molecule has 0 radical (unpaired) electrons. The van der Waals surface area contributed by atoms with Gasteiger partial charge in [0.1, 0.15) is 13.2 Å². The number of carbonyl (C=O) groups is 1. The van der Waals surface area contributed by atoms with Gasteiger partial charge >= 0.3 is 0 Å². The summed E-state index contributed by atoms with van der Waals surface area (Å²) in [5.74, 6) is 1.48. The lowest BCUT2D eigenvalue weighted by molar-refractivity contribution is 0.0729. The molecule has 25 heavy (non-hydrogen) atoms. The van der Waals surface area contributed by atoms with Crippen LogP contribution in [0.5, 0.6) is 11.5 Å². The molecule has 4 rings (SSSR count). The molecule has 1 aromatic carbocycles. The number of aromatic nitrogens is 1. The minimum Gasteiger partial charge on any atom is -0.486 e. The van der Waals surface area contributed by atoms with E-state index in [2.05, 4.69) is 4.98 Å². The Morgan fingerprint density at radius 1 is 1.12 bits per heavy atom. The molecule has 1 aromatic heterocycles. The first-order chi connectivity index (χ1) is 12.3. The molecule has 1 atom stereocenters. The predicted octanol–water partition coefficient (Wildman–Crippen LogP) is 3.09. The molecule has 1 fully saturated rings. The number of nitrogens with zero attached hydrogens (tertiary/aromatic N) is 2. The Hall–Kier alpha value is -2.56. The number of amides is 1. The first-order valence-corrected chi connectivity index (χ1v) is 8.91. The number of rotatable bonds is 4. The Morgan fingerprint density at radius 2 is 1.92 bits per heavy atom. The maximum absolute atomic E-state index is 13.0. The lowest BCUT2D eigenvalue weighted by Crippen LogP contribution is -2.35. The number of pyridine rings is 1. The molecule has 0 spiro atoms. The minimum atomic E-state index is 0.0919. The average molecular weight is 338 g/mol. The van der Waals surface area contributed by atoms with Gasteiger partial charge in [-0.1, -0.05) is 0 Å². The van der Waals surface area contributed by atoms with Crippen LogP contribution in [0.1, 0.15) is 35.2 Å². The molecule has 5 nitrogen and oxygen atoms in total. The number of hydrogen-bond acceptors (Lipinski definition) is 4. The highest BCUT2D eigenvalue weighted by Crippen LogP contribution is 2.32. The maximum Gasteiger partial charge on any atom is 0.254 e. The zero-order valence-corrected chi connectivity index (χ0v) is 14.2. The second kappa shape index (κ2) is 7.13. The van der Waals surface area contributed by atoms with Gasteiger partial charge in [0.2, 0.25) is 0 Å². The van der Waals surface area contributed by atoms with Crippen LogP contribution in [0, 0.1) is 0 Å². The van der Waals surface area contributed by atoms with Crippen LogP contribution in [0.25, 0.3) is 0 Å². The average Bonchev–Trinajstić information content (AvgIpc) is 3.15. The standard InChI is InChI=1S/C20H22N2O3/c23-20(16-4-6-18-19(14-16)25-13-12-24-18)22-11-1-2-17(22)5-3-15-7-9-21-10-8-15/h4,6-10,14,17H,1-3,5,11-13H2. The summed E-state index contributed by atoms with van der Waals surface area (Å²) in [4.78, 5) is 19.1. The van der Waals surface area contributed by atoms with E-state index in [1.807, 2.05) is 47.6 Å². The highest BCUT2D eigenvalue weighted by Gasteiger charge is 2.29. The first-order valence-electron chi connectivity index (χ1n) is 8.91. The zero-order valence-electron chi connectivity index (χ0n) is 14.2. The Labute approximate surface area is 147 Å². The van der Waals surface area contributed by atoms with E-state index in [1.165, 1.54) is 5.56 Å². The Balaban J connectivity index is 1.45. The van der Waals surface area contributed by atoms with E-state index in [4.69, 9.17) is 9.47 Å². The first kappa shape index (κ1) is 15.9. The molecule has 0 saturated carbocycles. The molecule has 1 unspecified atom stereocenters. The monoisotopic (exact) mass is 338 g/mol. The molecular formula is C20H22N2O3. The quantitative estimate of drug-likeness (QED) is 0.860. The van der Waals surface area contributed by atoms with Crippen LogP contribution in [0.15, 0.2) is 42.7 Å². The molecule has 2 aliphatic rings. The third-order valence-corrected chi connectivity index (χ3v) is 4.94. The molecule has 2 aromatic rings. The summed E-state index contributed by atoms with van der Waals surface area (Å²) in [7, 11) is 0. The fourth-order valence-electron chi connectivity index (χ4n) is 3.63. The molecule has 0 bridgehead atoms. The molecule has 0 aliphatic carbocycles. The SMILES string of the molecule is O=C(c1ccc2c(c1)OCCO2)N1CCCC1CCc1ccncc1. The van der Waals surface area contributed by atoms with Crippen molar-refractivity contribution >= 4 is 5.91 Å². The second-order valence-corrected chi connectivity index (χ2v) is 6.55. The number of ether oxygens (including phenoxy) is 2. The summed E-state index contributed by atoms with van der Waals surface area (Å²) in [5, 5.41) is 0. The van der Waals surface area contributed by atoms with E-state index in [-0.39, 0.29) is 5.91 Å². The summed E-state index contributed by atoms with van der Waals surface area (Å²) in [6, 6.07) is 9.88. The van der Waals surface area contributed by atoms with Gasteiger partial charge < -0.3 is 14.4 Å². The van der Waals surface area contributed by atoms with Crippen LogP contribution in [-0.2, 0) is 6.42 Å². The van der Waals surface area contributed by atoms with E-state index in [0.717, 1.165) is 38.0 Å². The van der Waals surface area contributed by atoms with Crippen LogP contribution in [0.3, 0.4) is 0 Å². The van der Waals surface area contributed by atoms with Crippen LogP contribution >= 0.6 is 0 Å². The van der Waals surface area contributed by atoms with Gasteiger partial charge in [0, 0.05) is 30.5 Å². The number of likely N-dealkylation sites (tertiary alicyclic amines) is 1. The lowest BCUT2D eigenvalue weighted by Gasteiger charge is -2.26. The van der Waals surface area contributed by atoms with E-state index < -0.39 is 0 Å². The Kier molecular flexibility index (Phi) is 4.55. The highest BCUT2D eigenvalue weighted by atomic mass is 16.6. The minimum absolute atomic E-state index is 0.0919. The summed E-state index contributed by atoms with van der Waals surface area (Å²) in [6.45, 7) is 1.92. The van der Waals surface area contributed by atoms with Crippen molar-refractivity contribution in [2.45, 2.75) is 31.7 Å². The third-order valence-electron chi connectivity index (χ3n) is 4.94. The van der Waals surface area contributed by atoms with Gasteiger partial charge in [-0.15, -0.1) is 0 Å². The van der Waals surface area contributed by atoms with Gasteiger partial charge in [0.25, 0.3) is 5.91 Å². The molecule has 0 N–H and O–H groups in total. The summed E-state index contributed by atoms with van der Waals surface area (Å²) in [6.07, 6.45) is 7.74. The van der Waals surface area contributed by atoms with E-state index in [1.54, 1.807) is 0 Å². The second-order valence-electron chi connectivity index (χ2n) is 6.55. The van der Waals surface area contributed by atoms with E-state index in [0.29, 0.717) is 30.6 Å². The topological polar surface area (TPSA) is 51.7 Å².